The molecule has 1 atom stereocenters. The third-order valence-electron chi connectivity index (χ3n) is 7.21. The number of hydrogen-bond acceptors (Lipinski definition) is 8. The molecular weight excluding hydrogens is 584 g/mol. The summed E-state index contributed by atoms with van der Waals surface area (Å²) in [7, 11) is -3.74. The van der Waals surface area contributed by atoms with Gasteiger partial charge in [-0.2, -0.15) is 0 Å². The Morgan fingerprint density at radius 1 is 1.09 bits per heavy atom. The van der Waals surface area contributed by atoms with Gasteiger partial charge in [-0.15, -0.1) is 0 Å². The van der Waals surface area contributed by atoms with Crippen molar-refractivity contribution in [3.63, 3.8) is 0 Å². The molecule has 1 amide bonds. The Morgan fingerprint density at radius 3 is 2.64 bits per heavy atom. The molecule has 5 aromatic rings. The lowest BCUT2D eigenvalue weighted by molar-refractivity contribution is 0.0950. The number of β-amino-alcohol motifs (C(OH)–C–C–N with tert-alkyl or cyclic N) is 1. The molecule has 0 radical (unpaired) electrons. The normalized spacial score (nSPS) is 12.7. The summed E-state index contributed by atoms with van der Waals surface area (Å²) >= 11 is 0. The standard InChI is InChI=1S/C31H34N6O6S/c1-31(2,34-20-27(38)21-7-6-8-24(16-21)36-44(41,42)26-9-4-3-5-10-26)12-14-37-13-11-22-15-23(18-32-29(22)37)30(40)33-19-25-17-28(39)43-35-25/h3-11,13,15-18,27,34-36,38H,12,14,19-20H2,1-2H3,(H,33,40)/t27-/m0/s1. The van der Waals surface area contributed by atoms with Crippen molar-refractivity contribution in [2.45, 2.75) is 49.9 Å². The van der Waals surface area contributed by atoms with Crippen molar-refractivity contribution in [3.8, 4) is 0 Å². The summed E-state index contributed by atoms with van der Waals surface area (Å²) in [5.41, 5.74) is 1.70. The molecule has 0 spiro atoms. The van der Waals surface area contributed by atoms with Gasteiger partial charge >= 0.3 is 5.63 Å². The maximum atomic E-state index is 12.7. The molecule has 13 heteroatoms. The number of aliphatic hydroxyl groups excluding tert-OH is 1. The number of carbonyl (C=O) groups excluding carboxylic acids is 1. The Kier molecular flexibility index (Phi) is 8.99. The van der Waals surface area contributed by atoms with Gasteiger partial charge in [0.25, 0.3) is 15.9 Å². The summed E-state index contributed by atoms with van der Waals surface area (Å²) in [6.45, 7) is 5.11. The maximum absolute atomic E-state index is 12.7. The molecule has 0 bridgehead atoms. The second-order valence-electron chi connectivity index (χ2n) is 11.1. The number of nitrogens with one attached hydrogen (secondary N) is 4. The first-order valence-electron chi connectivity index (χ1n) is 14.0. The van der Waals surface area contributed by atoms with Crippen molar-refractivity contribution in [2.24, 2.45) is 0 Å². The molecule has 0 aliphatic heterocycles. The lowest BCUT2D eigenvalue weighted by Crippen LogP contribution is -2.42. The smallest absolute Gasteiger partial charge is 0.357 e. The third kappa shape index (κ3) is 7.61. The van der Waals surface area contributed by atoms with E-state index in [4.69, 9.17) is 0 Å². The number of anilines is 1. The van der Waals surface area contributed by atoms with E-state index in [0.29, 0.717) is 35.5 Å². The number of fused-ring (bicyclic) bond motifs is 1. The topological polar surface area (TPSA) is 171 Å². The van der Waals surface area contributed by atoms with Gasteiger partial charge in [0.05, 0.1) is 28.8 Å². The van der Waals surface area contributed by atoms with Gasteiger partial charge in [0.2, 0.25) is 0 Å². The Bertz CT molecular complexity index is 1910. The van der Waals surface area contributed by atoms with E-state index in [-0.39, 0.29) is 29.4 Å². The zero-order valence-electron chi connectivity index (χ0n) is 24.3. The number of amides is 1. The Hall–Kier alpha value is -4.72. The van der Waals surface area contributed by atoms with Crippen molar-refractivity contribution in [1.29, 1.82) is 0 Å². The van der Waals surface area contributed by atoms with E-state index < -0.39 is 21.8 Å². The molecule has 5 N–H and O–H groups in total. The first-order chi connectivity index (χ1) is 21.0. The number of H-pyrrole nitrogens is 1. The molecule has 0 aliphatic carbocycles. The predicted octanol–water partition coefficient (Wildman–Crippen LogP) is 3.54. The van der Waals surface area contributed by atoms with Crippen LogP contribution in [0.25, 0.3) is 11.0 Å². The van der Waals surface area contributed by atoms with Gasteiger partial charge in [-0.25, -0.2) is 23.4 Å². The molecule has 0 unspecified atom stereocenters. The second-order valence-corrected chi connectivity index (χ2v) is 12.8. The van der Waals surface area contributed by atoms with Gasteiger partial charge in [0.1, 0.15) is 5.65 Å². The number of sulfonamides is 1. The van der Waals surface area contributed by atoms with Gasteiger partial charge in [0.15, 0.2) is 0 Å². The monoisotopic (exact) mass is 618 g/mol. The van der Waals surface area contributed by atoms with E-state index in [2.05, 4.69) is 30.0 Å². The van der Waals surface area contributed by atoms with Crippen LogP contribution in [0.15, 0.2) is 99.4 Å². The molecule has 44 heavy (non-hydrogen) atoms. The van der Waals surface area contributed by atoms with E-state index in [1.54, 1.807) is 48.5 Å². The van der Waals surface area contributed by atoms with E-state index in [1.807, 2.05) is 30.7 Å². The molecule has 230 valence electrons. The summed E-state index contributed by atoms with van der Waals surface area (Å²) < 4.78 is 34.6. The minimum atomic E-state index is -3.74. The highest BCUT2D eigenvalue weighted by atomic mass is 32.2. The number of carbonyl (C=O) groups is 1. The fourth-order valence-corrected chi connectivity index (χ4v) is 5.74. The molecule has 0 fully saturated rings. The molecule has 0 saturated carbocycles. The minimum Gasteiger partial charge on any atom is -0.387 e. The molecular formula is C31H34N6O6S. The summed E-state index contributed by atoms with van der Waals surface area (Å²) in [5, 5.41) is 20.3. The number of nitrogens with zero attached hydrogens (tertiary/aromatic N) is 2. The number of rotatable bonds is 13. The van der Waals surface area contributed by atoms with Crippen LogP contribution in [-0.2, 0) is 23.1 Å². The number of aromatic nitrogens is 3. The predicted molar refractivity (Wildman–Crippen MR) is 166 cm³/mol. The summed E-state index contributed by atoms with van der Waals surface area (Å²) in [4.78, 5) is 28.4. The fraction of sp³-hybridized carbons (Fsp3) is 0.258. The lowest BCUT2D eigenvalue weighted by Gasteiger charge is -2.28. The van der Waals surface area contributed by atoms with Crippen LogP contribution >= 0.6 is 0 Å². The Balaban J connectivity index is 1.14. The number of aliphatic hydroxyl groups is 1. The first kappa shape index (κ1) is 30.7. The van der Waals surface area contributed by atoms with E-state index >= 15 is 0 Å². The highest BCUT2D eigenvalue weighted by Crippen LogP contribution is 2.22. The largest absolute Gasteiger partial charge is 0.387 e. The van der Waals surface area contributed by atoms with Crippen LogP contribution in [0, 0.1) is 0 Å². The number of pyridine rings is 1. The molecule has 2 aromatic carbocycles. The van der Waals surface area contributed by atoms with Crippen LogP contribution in [0.4, 0.5) is 5.69 Å². The first-order valence-corrected chi connectivity index (χ1v) is 15.5. The van der Waals surface area contributed by atoms with Crippen LogP contribution in [-0.4, -0.2) is 46.2 Å². The minimum absolute atomic E-state index is 0.124. The van der Waals surface area contributed by atoms with E-state index in [9.17, 15) is 23.1 Å². The molecule has 0 aliphatic rings. The van der Waals surface area contributed by atoms with Crippen molar-refractivity contribution in [3.05, 3.63) is 112 Å². The SMILES string of the molecule is CC(C)(CCn1ccc2cc(C(=O)NCc3cc(=O)o[nH]3)cnc21)NC[C@H](O)c1cccc(NS(=O)(=O)c2ccccc2)c1. The Morgan fingerprint density at radius 2 is 1.89 bits per heavy atom. The van der Waals surface area contributed by atoms with Gasteiger partial charge in [-0.3, -0.25) is 9.52 Å². The zero-order chi connectivity index (χ0) is 31.3. The molecule has 5 rings (SSSR count). The third-order valence-corrected chi connectivity index (χ3v) is 8.60. The van der Waals surface area contributed by atoms with Crippen LogP contribution in [0.3, 0.4) is 0 Å². The van der Waals surface area contributed by atoms with Crippen molar-refractivity contribution in [1.82, 2.24) is 25.3 Å². The van der Waals surface area contributed by atoms with Gasteiger partial charge in [-0.05, 0) is 62.2 Å². The second kappa shape index (κ2) is 12.9. The summed E-state index contributed by atoms with van der Waals surface area (Å²) in [5.74, 6) is -0.322. The fourth-order valence-electron chi connectivity index (χ4n) is 4.67. The van der Waals surface area contributed by atoms with E-state index in [0.717, 1.165) is 11.0 Å². The summed E-state index contributed by atoms with van der Waals surface area (Å²) in [6, 6.07) is 19.8. The molecule has 0 saturated heterocycles. The van der Waals surface area contributed by atoms with Crippen LogP contribution < -0.4 is 21.0 Å². The molecule has 3 heterocycles. The Labute approximate surface area is 254 Å². The number of aromatic amines is 1. The lowest BCUT2D eigenvalue weighted by atomic mass is 9.99. The zero-order valence-corrected chi connectivity index (χ0v) is 25.1. The number of benzene rings is 2. The number of hydrogen-bond donors (Lipinski definition) is 5. The highest BCUT2D eigenvalue weighted by molar-refractivity contribution is 7.92. The quantitative estimate of drug-likeness (QED) is 0.133. The molecule has 3 aromatic heterocycles. The van der Waals surface area contributed by atoms with Crippen molar-refractivity contribution < 1.29 is 22.8 Å². The van der Waals surface area contributed by atoms with Crippen LogP contribution in [0.5, 0.6) is 0 Å². The van der Waals surface area contributed by atoms with Gasteiger partial charge in [0, 0.05) is 48.2 Å². The number of aryl methyl sites for hydroxylation is 1. The maximum Gasteiger partial charge on any atom is 0.357 e. The average molecular weight is 619 g/mol. The van der Waals surface area contributed by atoms with Crippen molar-refractivity contribution >= 4 is 32.7 Å². The highest BCUT2D eigenvalue weighted by Gasteiger charge is 2.21. The summed E-state index contributed by atoms with van der Waals surface area (Å²) in [6.07, 6.45) is 3.29. The van der Waals surface area contributed by atoms with Gasteiger partial charge in [-0.1, -0.05) is 30.3 Å². The molecule has 12 nitrogen and oxygen atoms in total. The van der Waals surface area contributed by atoms with E-state index in [1.165, 1.54) is 24.4 Å². The van der Waals surface area contributed by atoms with Crippen LogP contribution in [0.1, 0.15) is 48.0 Å². The van der Waals surface area contributed by atoms with Crippen LogP contribution in [0.2, 0.25) is 0 Å². The average Bonchev–Trinajstić information content (AvgIpc) is 3.63. The van der Waals surface area contributed by atoms with Gasteiger partial charge < -0.3 is 24.8 Å². The van der Waals surface area contributed by atoms with Crippen molar-refractivity contribution in [2.75, 3.05) is 11.3 Å².